The maximum absolute atomic E-state index is 12.6. The summed E-state index contributed by atoms with van der Waals surface area (Å²) in [7, 11) is 0.323. The lowest BCUT2D eigenvalue weighted by atomic mass is 10.1. The van der Waals surface area contributed by atoms with E-state index in [9.17, 15) is 21.6 Å². The Bertz CT molecular complexity index is 597. The first-order chi connectivity index (χ1) is 13.0. The third-order valence-electron chi connectivity index (χ3n) is 4.45. The van der Waals surface area contributed by atoms with Gasteiger partial charge in [0.15, 0.2) is 5.96 Å². The summed E-state index contributed by atoms with van der Waals surface area (Å²) in [6.45, 7) is 3.59. The Kier molecular flexibility index (Phi) is 13.0. The molecule has 1 unspecified atom stereocenters. The van der Waals surface area contributed by atoms with Crippen LogP contribution in [-0.4, -0.2) is 95.2 Å². The van der Waals surface area contributed by atoms with Crippen molar-refractivity contribution in [2.24, 2.45) is 4.99 Å². The van der Waals surface area contributed by atoms with Crippen LogP contribution < -0.4 is 10.6 Å². The molecule has 0 aromatic carbocycles. The molecule has 8 nitrogen and oxygen atoms in total. The van der Waals surface area contributed by atoms with Crippen LogP contribution in [0.2, 0.25) is 0 Å². The normalized spacial score (nSPS) is 18.4. The molecule has 2 N–H and O–H groups in total. The number of rotatable bonds is 9. The van der Waals surface area contributed by atoms with E-state index in [4.69, 9.17) is 4.74 Å². The van der Waals surface area contributed by atoms with Crippen LogP contribution in [-0.2, 0) is 14.8 Å². The predicted molar refractivity (Wildman–Crippen MR) is 118 cm³/mol. The van der Waals surface area contributed by atoms with Crippen LogP contribution in [0.3, 0.4) is 0 Å². The molecule has 29 heavy (non-hydrogen) atoms. The SMILES string of the molecule is CCOC(CCN(C)C)CNC(=NC)NC1CCN(S(=O)(=O)C(F)(F)F)CC1.I. The molecular formula is C16H33F3IN5O3S. The number of guanidine groups is 1. The lowest BCUT2D eigenvalue weighted by Crippen LogP contribution is -2.52. The molecular weight excluding hydrogens is 526 g/mol. The lowest BCUT2D eigenvalue weighted by molar-refractivity contribution is -0.0494. The number of nitrogens with one attached hydrogen (secondary N) is 2. The van der Waals surface area contributed by atoms with Crippen molar-refractivity contribution in [3.8, 4) is 0 Å². The van der Waals surface area contributed by atoms with E-state index in [0.29, 0.717) is 23.4 Å². The molecule has 0 radical (unpaired) electrons. The zero-order valence-corrected chi connectivity index (χ0v) is 20.5. The summed E-state index contributed by atoms with van der Waals surface area (Å²) in [4.78, 5) is 6.20. The molecule has 1 atom stereocenters. The van der Waals surface area contributed by atoms with Gasteiger partial charge in [-0.15, -0.1) is 24.0 Å². The number of alkyl halides is 3. The molecule has 1 rings (SSSR count). The third kappa shape index (κ3) is 9.53. The first kappa shape index (κ1) is 28.6. The molecule has 1 heterocycles. The fourth-order valence-corrected chi connectivity index (χ4v) is 3.85. The number of aliphatic imine (C=N–C) groups is 1. The Morgan fingerprint density at radius 3 is 2.34 bits per heavy atom. The molecule has 0 aromatic rings. The van der Waals surface area contributed by atoms with E-state index in [-0.39, 0.29) is 62.1 Å². The quantitative estimate of drug-likeness (QED) is 0.253. The number of hydrogen-bond donors (Lipinski definition) is 2. The summed E-state index contributed by atoms with van der Waals surface area (Å²) in [5.41, 5.74) is -5.26. The zero-order chi connectivity index (χ0) is 21.4. The Labute approximate surface area is 188 Å². The highest BCUT2D eigenvalue weighted by atomic mass is 127. The van der Waals surface area contributed by atoms with E-state index in [0.717, 1.165) is 13.0 Å². The van der Waals surface area contributed by atoms with Crippen molar-refractivity contribution in [1.82, 2.24) is 19.8 Å². The van der Waals surface area contributed by atoms with Crippen LogP contribution in [0, 0.1) is 0 Å². The van der Waals surface area contributed by atoms with Gasteiger partial charge in [-0.05, 0) is 40.3 Å². The molecule has 0 aromatic heterocycles. The first-order valence-corrected chi connectivity index (χ1v) is 10.7. The average Bonchev–Trinajstić information content (AvgIpc) is 2.62. The topological polar surface area (TPSA) is 86.3 Å². The Hall–Kier alpha value is -0.380. The van der Waals surface area contributed by atoms with Crippen LogP contribution in [0.1, 0.15) is 26.2 Å². The fourth-order valence-electron chi connectivity index (χ4n) is 2.87. The summed E-state index contributed by atoms with van der Waals surface area (Å²) in [5, 5.41) is 6.32. The molecule has 1 aliphatic heterocycles. The van der Waals surface area contributed by atoms with Crippen molar-refractivity contribution in [1.29, 1.82) is 0 Å². The van der Waals surface area contributed by atoms with Gasteiger partial charge in [0.1, 0.15) is 0 Å². The molecule has 1 aliphatic rings. The smallest absolute Gasteiger partial charge is 0.377 e. The van der Waals surface area contributed by atoms with Gasteiger partial charge in [0.25, 0.3) is 0 Å². The van der Waals surface area contributed by atoms with E-state index >= 15 is 0 Å². The standard InChI is InChI=1S/C16H32F3N5O3S.HI/c1-5-27-14(8-9-23(3)4)12-21-15(20-2)22-13-6-10-24(11-7-13)28(25,26)16(17,18)19;/h13-14H,5-12H2,1-4H3,(H2,20,21,22);1H. The van der Waals surface area contributed by atoms with Gasteiger partial charge in [-0.2, -0.15) is 17.5 Å². The van der Waals surface area contributed by atoms with Gasteiger partial charge in [-0.25, -0.2) is 8.42 Å². The minimum absolute atomic E-state index is 0. The van der Waals surface area contributed by atoms with E-state index in [1.165, 1.54) is 0 Å². The molecule has 1 fully saturated rings. The molecule has 0 aliphatic carbocycles. The predicted octanol–water partition coefficient (Wildman–Crippen LogP) is 1.44. The van der Waals surface area contributed by atoms with Crippen molar-refractivity contribution in [3.05, 3.63) is 0 Å². The van der Waals surface area contributed by atoms with Gasteiger partial charge in [-0.1, -0.05) is 0 Å². The van der Waals surface area contributed by atoms with Crippen molar-refractivity contribution in [3.63, 3.8) is 0 Å². The van der Waals surface area contributed by atoms with Crippen LogP contribution in [0.25, 0.3) is 0 Å². The van der Waals surface area contributed by atoms with E-state index in [1.807, 2.05) is 21.0 Å². The maximum Gasteiger partial charge on any atom is 0.511 e. The van der Waals surface area contributed by atoms with Crippen LogP contribution in [0.4, 0.5) is 13.2 Å². The van der Waals surface area contributed by atoms with Gasteiger partial charge in [0.2, 0.25) is 0 Å². The second-order valence-corrected chi connectivity index (χ2v) is 8.82. The Morgan fingerprint density at radius 2 is 1.90 bits per heavy atom. The number of piperidine rings is 1. The summed E-state index contributed by atoms with van der Waals surface area (Å²) in [6, 6.07) is -0.154. The molecule has 0 spiro atoms. The fraction of sp³-hybridized carbons (Fsp3) is 0.938. The monoisotopic (exact) mass is 559 g/mol. The highest BCUT2D eigenvalue weighted by Gasteiger charge is 2.50. The molecule has 0 bridgehead atoms. The second-order valence-electron chi connectivity index (χ2n) is 6.89. The first-order valence-electron chi connectivity index (χ1n) is 9.31. The molecule has 1 saturated heterocycles. The highest BCUT2D eigenvalue weighted by molar-refractivity contribution is 14.0. The van der Waals surface area contributed by atoms with Crippen molar-refractivity contribution < 1.29 is 26.3 Å². The minimum Gasteiger partial charge on any atom is -0.377 e. The number of halogens is 4. The molecule has 0 saturated carbocycles. The van der Waals surface area contributed by atoms with E-state index < -0.39 is 15.5 Å². The van der Waals surface area contributed by atoms with Gasteiger partial charge in [-0.3, -0.25) is 4.99 Å². The molecule has 174 valence electrons. The Morgan fingerprint density at radius 1 is 1.31 bits per heavy atom. The van der Waals surface area contributed by atoms with Gasteiger partial charge < -0.3 is 20.3 Å². The number of ether oxygens (including phenoxy) is 1. The van der Waals surface area contributed by atoms with Gasteiger partial charge in [0, 0.05) is 45.9 Å². The van der Waals surface area contributed by atoms with E-state index in [1.54, 1.807) is 7.05 Å². The maximum atomic E-state index is 12.6. The number of nitrogens with zero attached hydrogens (tertiary/aromatic N) is 3. The van der Waals surface area contributed by atoms with Crippen LogP contribution in [0.15, 0.2) is 4.99 Å². The molecule has 0 amide bonds. The summed E-state index contributed by atoms with van der Waals surface area (Å²) in [6.07, 6.45) is 1.39. The second kappa shape index (κ2) is 13.1. The summed E-state index contributed by atoms with van der Waals surface area (Å²) in [5.74, 6) is 0.520. The van der Waals surface area contributed by atoms with Crippen molar-refractivity contribution >= 4 is 40.0 Å². The van der Waals surface area contributed by atoms with Gasteiger partial charge in [0.05, 0.1) is 6.10 Å². The number of hydrogen-bond acceptors (Lipinski definition) is 5. The summed E-state index contributed by atoms with van der Waals surface area (Å²) < 4.78 is 67.1. The van der Waals surface area contributed by atoms with Crippen molar-refractivity contribution in [2.45, 2.75) is 43.8 Å². The van der Waals surface area contributed by atoms with Crippen molar-refractivity contribution in [2.75, 3.05) is 53.9 Å². The number of sulfonamides is 1. The largest absolute Gasteiger partial charge is 0.511 e. The lowest BCUT2D eigenvalue weighted by Gasteiger charge is -2.32. The van der Waals surface area contributed by atoms with Crippen LogP contribution >= 0.6 is 24.0 Å². The van der Waals surface area contributed by atoms with E-state index in [2.05, 4.69) is 20.5 Å². The third-order valence-corrected chi connectivity index (χ3v) is 6.08. The minimum atomic E-state index is -5.26. The highest BCUT2D eigenvalue weighted by Crippen LogP contribution is 2.28. The molecule has 13 heteroatoms. The average molecular weight is 559 g/mol. The zero-order valence-electron chi connectivity index (χ0n) is 17.3. The van der Waals surface area contributed by atoms with Crippen LogP contribution in [0.5, 0.6) is 0 Å². The van der Waals surface area contributed by atoms with Gasteiger partial charge >= 0.3 is 15.5 Å². The summed E-state index contributed by atoms with van der Waals surface area (Å²) >= 11 is 0. The Balaban J connectivity index is 0.00000784.